The van der Waals surface area contributed by atoms with Crippen molar-refractivity contribution in [1.29, 1.82) is 0 Å². The van der Waals surface area contributed by atoms with E-state index in [-0.39, 0.29) is 0 Å². The van der Waals surface area contributed by atoms with Crippen molar-refractivity contribution in [2.45, 2.75) is 19.8 Å². The second-order valence-corrected chi connectivity index (χ2v) is 2.88. The number of hydrogen-bond acceptors (Lipinski definition) is 2. The molecule has 54 valence electrons. The summed E-state index contributed by atoms with van der Waals surface area (Å²) >= 11 is 1.70. The van der Waals surface area contributed by atoms with E-state index in [0.29, 0.717) is 0 Å². The van der Waals surface area contributed by atoms with Crippen LogP contribution in [-0.2, 0) is 0 Å². The molecule has 10 heavy (non-hydrogen) atoms. The Labute approximate surface area is 65.9 Å². The van der Waals surface area contributed by atoms with Gasteiger partial charge in [0.15, 0.2) is 0 Å². The molecule has 0 aromatic heterocycles. The average Bonchev–Trinajstić information content (AvgIpc) is 2.17. The fraction of sp³-hybridized carbons (Fsp3) is 0.375. The van der Waals surface area contributed by atoms with Crippen molar-refractivity contribution in [1.82, 2.24) is 0 Å². The van der Waals surface area contributed by atoms with E-state index in [2.05, 4.69) is 17.3 Å². The normalized spacial score (nSPS) is 16.7. The third-order valence-electron chi connectivity index (χ3n) is 1.19. The molecule has 0 amide bonds. The average molecular weight is 153 g/mol. The van der Waals surface area contributed by atoms with Crippen LogP contribution in [0.3, 0.4) is 0 Å². The Morgan fingerprint density at radius 2 is 2.50 bits per heavy atom. The molecule has 0 fully saturated rings. The Morgan fingerprint density at radius 1 is 1.60 bits per heavy atom. The van der Waals surface area contributed by atoms with Crippen molar-refractivity contribution in [3.63, 3.8) is 0 Å². The van der Waals surface area contributed by atoms with Gasteiger partial charge < -0.3 is 0 Å². The van der Waals surface area contributed by atoms with E-state index in [9.17, 15) is 0 Å². The number of rotatable bonds is 2. The molecular weight excluding hydrogens is 142 g/mol. The quantitative estimate of drug-likeness (QED) is 0.594. The number of aliphatic imine (C=N–C) groups is 1. The van der Waals surface area contributed by atoms with Crippen LogP contribution in [0.2, 0.25) is 0 Å². The molecule has 0 aromatic rings. The highest BCUT2D eigenvalue weighted by atomic mass is 32.2. The highest BCUT2D eigenvalue weighted by molar-refractivity contribution is 8.04. The van der Waals surface area contributed by atoms with E-state index in [1.807, 2.05) is 17.7 Å². The Balaban J connectivity index is 2.51. The third-order valence-corrected chi connectivity index (χ3v) is 1.92. The highest BCUT2D eigenvalue weighted by Gasteiger charge is 1.91. The maximum Gasteiger partial charge on any atom is 0.0469 e. The first-order valence-electron chi connectivity index (χ1n) is 3.47. The molecule has 0 radical (unpaired) electrons. The van der Waals surface area contributed by atoms with Gasteiger partial charge in [-0.15, -0.1) is 11.8 Å². The Kier molecular flexibility index (Phi) is 3.30. The van der Waals surface area contributed by atoms with Crippen molar-refractivity contribution in [3.8, 4) is 0 Å². The SMILES string of the molecule is CCCC1=CSC=CC=N1. The van der Waals surface area contributed by atoms with E-state index in [1.165, 1.54) is 12.1 Å². The van der Waals surface area contributed by atoms with Crippen LogP contribution in [-0.4, -0.2) is 6.21 Å². The van der Waals surface area contributed by atoms with E-state index < -0.39 is 0 Å². The first-order valence-corrected chi connectivity index (χ1v) is 4.41. The maximum absolute atomic E-state index is 4.24. The van der Waals surface area contributed by atoms with Gasteiger partial charge in [0.1, 0.15) is 0 Å². The lowest BCUT2D eigenvalue weighted by Gasteiger charge is -1.93. The van der Waals surface area contributed by atoms with Gasteiger partial charge in [-0.2, -0.15) is 0 Å². The first kappa shape index (κ1) is 7.61. The number of nitrogens with zero attached hydrogens (tertiary/aromatic N) is 1. The van der Waals surface area contributed by atoms with Gasteiger partial charge in [0.05, 0.1) is 0 Å². The van der Waals surface area contributed by atoms with Gasteiger partial charge in [-0.05, 0) is 23.3 Å². The van der Waals surface area contributed by atoms with E-state index >= 15 is 0 Å². The number of allylic oxidation sites excluding steroid dienone is 2. The van der Waals surface area contributed by atoms with Gasteiger partial charge in [-0.3, -0.25) is 4.99 Å². The van der Waals surface area contributed by atoms with Crippen molar-refractivity contribution >= 4 is 18.0 Å². The molecule has 2 heteroatoms. The third kappa shape index (κ3) is 2.40. The molecule has 1 nitrogen and oxygen atoms in total. The molecule has 1 aliphatic heterocycles. The largest absolute Gasteiger partial charge is 0.261 e. The van der Waals surface area contributed by atoms with Crippen LogP contribution in [0.1, 0.15) is 19.8 Å². The molecule has 0 aliphatic carbocycles. The molecule has 0 aromatic carbocycles. The number of thioether (sulfide) groups is 1. The van der Waals surface area contributed by atoms with Gasteiger partial charge in [0.2, 0.25) is 0 Å². The lowest BCUT2D eigenvalue weighted by atomic mass is 10.3. The summed E-state index contributed by atoms with van der Waals surface area (Å²) in [7, 11) is 0. The van der Waals surface area contributed by atoms with Gasteiger partial charge in [0, 0.05) is 11.9 Å². The molecule has 0 atom stereocenters. The van der Waals surface area contributed by atoms with Crippen LogP contribution in [0, 0.1) is 0 Å². The molecule has 0 spiro atoms. The molecule has 0 saturated carbocycles. The van der Waals surface area contributed by atoms with Crippen molar-refractivity contribution in [2.75, 3.05) is 0 Å². The highest BCUT2D eigenvalue weighted by Crippen LogP contribution is 2.15. The first-order chi connectivity index (χ1) is 4.93. The van der Waals surface area contributed by atoms with Crippen molar-refractivity contribution in [3.05, 3.63) is 22.6 Å². The van der Waals surface area contributed by atoms with Crippen LogP contribution in [0.5, 0.6) is 0 Å². The van der Waals surface area contributed by atoms with Gasteiger partial charge >= 0.3 is 0 Å². The second kappa shape index (κ2) is 4.34. The fourth-order valence-electron chi connectivity index (χ4n) is 0.747. The van der Waals surface area contributed by atoms with Crippen LogP contribution >= 0.6 is 11.8 Å². The van der Waals surface area contributed by atoms with Gasteiger partial charge in [0.25, 0.3) is 0 Å². The van der Waals surface area contributed by atoms with Crippen LogP contribution < -0.4 is 0 Å². The Morgan fingerprint density at radius 3 is 3.30 bits per heavy atom. The second-order valence-electron chi connectivity index (χ2n) is 2.10. The van der Waals surface area contributed by atoms with Crippen LogP contribution in [0.25, 0.3) is 0 Å². The topological polar surface area (TPSA) is 12.4 Å². The zero-order valence-electron chi connectivity index (χ0n) is 6.08. The predicted octanol–water partition coefficient (Wildman–Crippen LogP) is 2.96. The lowest BCUT2D eigenvalue weighted by Crippen LogP contribution is -1.75. The zero-order valence-corrected chi connectivity index (χ0v) is 6.90. The molecule has 0 unspecified atom stereocenters. The van der Waals surface area contributed by atoms with Gasteiger partial charge in [-0.25, -0.2) is 0 Å². The van der Waals surface area contributed by atoms with E-state index in [4.69, 9.17) is 0 Å². The smallest absolute Gasteiger partial charge is 0.0469 e. The molecular formula is C8H11NS. The van der Waals surface area contributed by atoms with E-state index in [0.717, 1.165) is 6.42 Å². The molecule has 0 bridgehead atoms. The maximum atomic E-state index is 4.24. The summed E-state index contributed by atoms with van der Waals surface area (Å²) in [4.78, 5) is 4.24. The molecule has 1 aliphatic rings. The minimum Gasteiger partial charge on any atom is -0.261 e. The van der Waals surface area contributed by atoms with E-state index in [1.54, 1.807) is 11.8 Å². The summed E-state index contributed by atoms with van der Waals surface area (Å²) in [5, 5.41) is 4.13. The number of hydrogen-bond donors (Lipinski definition) is 0. The minimum absolute atomic E-state index is 1.09. The summed E-state index contributed by atoms with van der Waals surface area (Å²) in [5.41, 5.74) is 1.19. The van der Waals surface area contributed by atoms with Crippen molar-refractivity contribution in [2.24, 2.45) is 4.99 Å². The summed E-state index contributed by atoms with van der Waals surface area (Å²) < 4.78 is 0. The summed E-state index contributed by atoms with van der Waals surface area (Å²) in [6, 6.07) is 0. The zero-order chi connectivity index (χ0) is 7.23. The monoisotopic (exact) mass is 153 g/mol. The van der Waals surface area contributed by atoms with Crippen LogP contribution in [0.15, 0.2) is 27.6 Å². The summed E-state index contributed by atoms with van der Waals surface area (Å²) in [6.45, 7) is 2.17. The Hall–Kier alpha value is -0.500. The molecule has 0 saturated heterocycles. The Bertz CT molecular complexity index is 180. The molecule has 0 N–H and O–H groups in total. The lowest BCUT2D eigenvalue weighted by molar-refractivity contribution is 0.898. The minimum atomic E-state index is 1.09. The summed E-state index contributed by atoms with van der Waals surface area (Å²) in [5.74, 6) is 0. The van der Waals surface area contributed by atoms with Gasteiger partial charge in [-0.1, -0.05) is 13.3 Å². The molecule has 1 rings (SSSR count). The summed E-state index contributed by atoms with van der Waals surface area (Å²) in [6.07, 6.45) is 6.07. The molecule has 1 heterocycles. The predicted molar refractivity (Wildman–Crippen MR) is 48.2 cm³/mol. The fourth-order valence-corrected chi connectivity index (χ4v) is 1.32. The van der Waals surface area contributed by atoms with Crippen molar-refractivity contribution < 1.29 is 0 Å². The standard InChI is InChI=1S/C8H11NS/c1-2-4-8-7-10-6-3-5-9-8/h3,5-7H,2,4H2,1H3. The van der Waals surface area contributed by atoms with Crippen LogP contribution in [0.4, 0.5) is 0 Å².